The summed E-state index contributed by atoms with van der Waals surface area (Å²) in [6.07, 6.45) is 0.671. The Bertz CT molecular complexity index is 889. The minimum Gasteiger partial charge on any atom is -0.497 e. The Kier molecular flexibility index (Phi) is 5.09. The number of ether oxygens (including phenoxy) is 1. The molecule has 6 heteroatoms. The van der Waals surface area contributed by atoms with Gasteiger partial charge in [-0.3, -0.25) is 20.7 Å². The van der Waals surface area contributed by atoms with Crippen LogP contribution in [0.2, 0.25) is 5.02 Å². The number of halogens is 1. The predicted octanol–water partition coefficient (Wildman–Crippen LogP) is 4.76. The van der Waals surface area contributed by atoms with Crippen molar-refractivity contribution in [2.24, 2.45) is 4.99 Å². The molecule has 0 bridgehead atoms. The zero-order valence-corrected chi connectivity index (χ0v) is 15.8. The molecule has 26 heavy (non-hydrogen) atoms. The maximum Gasteiger partial charge on any atom is 0.131 e. The van der Waals surface area contributed by atoms with E-state index in [4.69, 9.17) is 32.1 Å². The Hall–Kier alpha value is -2.66. The number of hydrogen-bond acceptors (Lipinski definition) is 4. The fourth-order valence-electron chi connectivity index (χ4n) is 3.08. The van der Waals surface area contributed by atoms with Gasteiger partial charge in [0.2, 0.25) is 0 Å². The molecule has 0 fully saturated rings. The van der Waals surface area contributed by atoms with Crippen molar-refractivity contribution in [1.82, 2.24) is 0 Å². The van der Waals surface area contributed by atoms with Gasteiger partial charge in [0, 0.05) is 16.1 Å². The lowest BCUT2D eigenvalue weighted by molar-refractivity contribution is 0.415. The molecule has 0 aromatic heterocycles. The molecule has 1 unspecified atom stereocenters. The van der Waals surface area contributed by atoms with Crippen LogP contribution in [0.15, 0.2) is 47.5 Å². The normalized spacial score (nSPS) is 16.6. The number of nitrogens with one attached hydrogen (secondary N) is 2. The summed E-state index contributed by atoms with van der Waals surface area (Å²) < 4.78 is 5.40. The molecule has 2 aromatic rings. The Morgan fingerprint density at radius 2 is 1.92 bits per heavy atom. The van der Waals surface area contributed by atoms with Crippen LogP contribution in [0.5, 0.6) is 5.75 Å². The number of benzodiazepines with no additional fused rings is 1. The number of benzene rings is 2. The van der Waals surface area contributed by atoms with E-state index >= 15 is 0 Å². The van der Waals surface area contributed by atoms with Crippen molar-refractivity contribution in [2.45, 2.75) is 26.3 Å². The summed E-state index contributed by atoms with van der Waals surface area (Å²) in [5.74, 6) is 1.29. The summed E-state index contributed by atoms with van der Waals surface area (Å²) in [5, 5.41) is 17.5. The highest BCUT2D eigenvalue weighted by atomic mass is 35.5. The summed E-state index contributed by atoms with van der Waals surface area (Å²) in [6, 6.07) is 12.8. The molecular weight excluding hydrogens is 348 g/mol. The van der Waals surface area contributed by atoms with Crippen LogP contribution in [-0.4, -0.2) is 30.5 Å². The molecule has 1 atom stereocenters. The second-order valence-electron chi connectivity index (χ2n) is 6.10. The maximum atomic E-state index is 8.62. The van der Waals surface area contributed by atoms with Gasteiger partial charge in [-0.1, -0.05) is 30.7 Å². The average molecular weight is 369 g/mol. The van der Waals surface area contributed by atoms with Gasteiger partial charge in [0.1, 0.15) is 23.5 Å². The number of nitrogens with zero attached hydrogens (tertiary/aromatic N) is 2. The third-order valence-corrected chi connectivity index (χ3v) is 4.63. The third kappa shape index (κ3) is 3.22. The molecule has 1 aliphatic heterocycles. The number of anilines is 1. The van der Waals surface area contributed by atoms with Crippen LogP contribution in [0.25, 0.3) is 0 Å². The minimum absolute atomic E-state index is 0.285. The largest absolute Gasteiger partial charge is 0.497 e. The first-order valence-electron chi connectivity index (χ1n) is 8.42. The van der Waals surface area contributed by atoms with Gasteiger partial charge in [0.15, 0.2) is 0 Å². The van der Waals surface area contributed by atoms with E-state index in [2.05, 4.69) is 0 Å². The smallest absolute Gasteiger partial charge is 0.131 e. The van der Waals surface area contributed by atoms with Gasteiger partial charge < -0.3 is 4.74 Å². The molecule has 0 aliphatic carbocycles. The summed E-state index contributed by atoms with van der Waals surface area (Å²) in [4.78, 5) is 6.53. The van der Waals surface area contributed by atoms with Crippen LogP contribution in [0, 0.1) is 10.8 Å². The standard InChI is InChI=1S/C20H21ClN4O/c1-4-17-20(23)25(12(2)22)18-10-9-15(26-3)11-16(18)19(24-17)13-5-7-14(21)8-6-13/h5-11,17,22-23H,4H2,1-3H3. The highest BCUT2D eigenvalue weighted by molar-refractivity contribution is 6.31. The predicted molar refractivity (Wildman–Crippen MR) is 108 cm³/mol. The number of aliphatic imine (C=N–C) groups is 1. The van der Waals surface area contributed by atoms with Crippen molar-refractivity contribution in [1.29, 1.82) is 10.8 Å². The van der Waals surface area contributed by atoms with Crippen molar-refractivity contribution >= 4 is 34.7 Å². The summed E-state index contributed by atoms with van der Waals surface area (Å²) in [5.41, 5.74) is 3.28. The number of hydrogen-bond donors (Lipinski definition) is 2. The van der Waals surface area contributed by atoms with Crippen molar-refractivity contribution in [3.8, 4) is 5.75 Å². The highest BCUT2D eigenvalue weighted by Gasteiger charge is 2.30. The van der Waals surface area contributed by atoms with Crippen LogP contribution >= 0.6 is 11.6 Å². The second-order valence-corrected chi connectivity index (χ2v) is 6.53. The van der Waals surface area contributed by atoms with Crippen molar-refractivity contribution in [3.05, 3.63) is 58.6 Å². The van der Waals surface area contributed by atoms with Gasteiger partial charge >= 0.3 is 0 Å². The summed E-state index contributed by atoms with van der Waals surface area (Å²) in [6.45, 7) is 3.68. The zero-order chi connectivity index (χ0) is 18.8. The zero-order valence-electron chi connectivity index (χ0n) is 15.0. The molecule has 1 aliphatic rings. The lowest BCUT2D eigenvalue weighted by Gasteiger charge is -2.26. The number of fused-ring (bicyclic) bond motifs is 1. The Morgan fingerprint density at radius 3 is 2.50 bits per heavy atom. The molecule has 0 amide bonds. The lowest BCUT2D eigenvalue weighted by Crippen LogP contribution is -2.40. The first-order valence-corrected chi connectivity index (χ1v) is 8.80. The molecule has 5 nitrogen and oxygen atoms in total. The highest BCUT2D eigenvalue weighted by Crippen LogP contribution is 2.32. The van der Waals surface area contributed by atoms with Gasteiger partial charge in [-0.2, -0.15) is 0 Å². The van der Waals surface area contributed by atoms with E-state index in [0.717, 1.165) is 22.5 Å². The van der Waals surface area contributed by atoms with E-state index < -0.39 is 0 Å². The number of rotatable bonds is 3. The van der Waals surface area contributed by atoms with Crippen LogP contribution in [-0.2, 0) is 0 Å². The summed E-state index contributed by atoms with van der Waals surface area (Å²) >= 11 is 6.04. The van der Waals surface area contributed by atoms with Crippen molar-refractivity contribution < 1.29 is 4.74 Å². The molecule has 2 aromatic carbocycles. The molecular formula is C20H21ClN4O. The van der Waals surface area contributed by atoms with E-state index in [0.29, 0.717) is 23.0 Å². The van der Waals surface area contributed by atoms with Gasteiger partial charge in [-0.15, -0.1) is 0 Å². The van der Waals surface area contributed by atoms with Crippen molar-refractivity contribution in [2.75, 3.05) is 12.0 Å². The number of amidine groups is 2. The van der Waals surface area contributed by atoms with Gasteiger partial charge in [0.25, 0.3) is 0 Å². The van der Waals surface area contributed by atoms with Crippen LogP contribution in [0.3, 0.4) is 0 Å². The summed E-state index contributed by atoms with van der Waals surface area (Å²) in [7, 11) is 1.62. The molecule has 0 spiro atoms. The third-order valence-electron chi connectivity index (χ3n) is 4.38. The van der Waals surface area contributed by atoms with E-state index in [1.165, 1.54) is 0 Å². The molecule has 0 radical (unpaired) electrons. The van der Waals surface area contributed by atoms with E-state index in [9.17, 15) is 0 Å². The Morgan fingerprint density at radius 1 is 1.23 bits per heavy atom. The second kappa shape index (κ2) is 7.30. The molecule has 3 rings (SSSR count). The quantitative estimate of drug-likeness (QED) is 0.605. The Balaban J connectivity index is 2.30. The molecule has 1 heterocycles. The maximum absolute atomic E-state index is 8.62. The molecule has 134 valence electrons. The van der Waals surface area contributed by atoms with Crippen LogP contribution in [0.4, 0.5) is 5.69 Å². The van der Waals surface area contributed by atoms with Gasteiger partial charge in [-0.25, -0.2) is 0 Å². The van der Waals surface area contributed by atoms with Crippen molar-refractivity contribution in [3.63, 3.8) is 0 Å². The SMILES string of the molecule is CCC1N=C(c2ccc(Cl)cc2)c2cc(OC)ccc2N(C(C)=N)C1=N. The fourth-order valence-corrected chi connectivity index (χ4v) is 3.20. The molecule has 2 N–H and O–H groups in total. The van der Waals surface area contributed by atoms with E-state index in [-0.39, 0.29) is 11.9 Å². The number of methoxy groups -OCH3 is 1. The lowest BCUT2D eigenvalue weighted by atomic mass is 9.99. The molecule has 0 saturated carbocycles. The first kappa shape index (κ1) is 18.1. The minimum atomic E-state index is -0.334. The average Bonchev–Trinajstić information content (AvgIpc) is 2.75. The molecule has 0 saturated heterocycles. The van der Waals surface area contributed by atoms with Crippen LogP contribution in [0.1, 0.15) is 31.4 Å². The first-order chi connectivity index (χ1) is 12.5. The van der Waals surface area contributed by atoms with E-state index in [1.54, 1.807) is 18.9 Å². The van der Waals surface area contributed by atoms with Gasteiger partial charge in [-0.05, 0) is 43.7 Å². The van der Waals surface area contributed by atoms with Gasteiger partial charge in [0.05, 0.1) is 18.5 Å². The van der Waals surface area contributed by atoms with Crippen LogP contribution < -0.4 is 9.64 Å². The monoisotopic (exact) mass is 368 g/mol. The topological polar surface area (TPSA) is 72.5 Å². The Labute approximate surface area is 158 Å². The fraction of sp³-hybridized carbons (Fsp3) is 0.250. The van der Waals surface area contributed by atoms with E-state index in [1.807, 2.05) is 49.4 Å².